The maximum Gasteiger partial charge on any atom is 0.253 e. The molecule has 32 heavy (non-hydrogen) atoms. The summed E-state index contributed by atoms with van der Waals surface area (Å²) >= 11 is 0. The molecule has 2 aromatic carbocycles. The molecule has 2 amide bonds. The van der Waals surface area contributed by atoms with Crippen molar-refractivity contribution in [3.63, 3.8) is 0 Å². The van der Waals surface area contributed by atoms with Crippen LogP contribution in [0.5, 0.6) is 0 Å². The molecule has 7 heteroatoms. The molecular formula is C25H27N3O4. The molecule has 1 heterocycles. The van der Waals surface area contributed by atoms with Crippen LogP contribution in [0.2, 0.25) is 0 Å². The third-order valence-electron chi connectivity index (χ3n) is 6.86. The fraction of sp³-hybridized carbons (Fsp3) is 0.400. The number of fused-ring (bicyclic) bond motifs is 1. The van der Waals surface area contributed by atoms with Crippen LogP contribution in [0.15, 0.2) is 52.9 Å². The van der Waals surface area contributed by atoms with Crippen LogP contribution in [-0.4, -0.2) is 52.0 Å². The first-order chi connectivity index (χ1) is 15.5. The molecule has 2 N–H and O–H groups in total. The zero-order chi connectivity index (χ0) is 22.3. The highest BCUT2D eigenvalue weighted by Crippen LogP contribution is 2.37. The molecule has 166 valence electrons. The molecule has 3 aromatic rings. The number of nitrogens with zero attached hydrogens (tertiary/aromatic N) is 2. The van der Waals surface area contributed by atoms with Gasteiger partial charge in [-0.15, -0.1) is 0 Å². The molecule has 5 rings (SSSR count). The van der Waals surface area contributed by atoms with E-state index < -0.39 is 5.54 Å². The summed E-state index contributed by atoms with van der Waals surface area (Å²) in [6.45, 7) is -0.00712. The van der Waals surface area contributed by atoms with E-state index in [-0.39, 0.29) is 30.4 Å². The van der Waals surface area contributed by atoms with Gasteiger partial charge in [-0.3, -0.25) is 9.59 Å². The SMILES string of the molecule is CN(C(=O)c1ccc(-c2nc3ccccc3o2)cc1)[C@@H]1CC[C@H](C(=O)NC2(CO)CC2)C1. The van der Waals surface area contributed by atoms with Gasteiger partial charge in [-0.25, -0.2) is 4.98 Å². The van der Waals surface area contributed by atoms with Gasteiger partial charge >= 0.3 is 0 Å². The van der Waals surface area contributed by atoms with Crippen LogP contribution in [0.3, 0.4) is 0 Å². The highest BCUT2D eigenvalue weighted by molar-refractivity contribution is 5.95. The van der Waals surface area contributed by atoms with Crippen LogP contribution >= 0.6 is 0 Å². The molecule has 0 radical (unpaired) electrons. The summed E-state index contributed by atoms with van der Waals surface area (Å²) in [7, 11) is 1.80. The van der Waals surface area contributed by atoms with Crippen molar-refractivity contribution in [3.05, 3.63) is 54.1 Å². The lowest BCUT2D eigenvalue weighted by Gasteiger charge is -2.25. The van der Waals surface area contributed by atoms with Crippen LogP contribution < -0.4 is 5.32 Å². The number of oxazole rings is 1. The Morgan fingerprint density at radius 1 is 1.16 bits per heavy atom. The van der Waals surface area contributed by atoms with Crippen molar-refractivity contribution in [2.24, 2.45) is 5.92 Å². The number of rotatable bonds is 6. The fourth-order valence-electron chi connectivity index (χ4n) is 4.51. The van der Waals surface area contributed by atoms with Gasteiger partial charge in [0.15, 0.2) is 5.58 Å². The predicted octanol–water partition coefficient (Wildman–Crippen LogP) is 3.38. The molecule has 2 atom stereocenters. The summed E-state index contributed by atoms with van der Waals surface area (Å²) in [6, 6.07) is 14.9. The summed E-state index contributed by atoms with van der Waals surface area (Å²) in [5.41, 5.74) is 2.55. The summed E-state index contributed by atoms with van der Waals surface area (Å²) in [6.07, 6.45) is 3.88. The second-order valence-electron chi connectivity index (χ2n) is 9.07. The Morgan fingerprint density at radius 2 is 1.91 bits per heavy atom. The van der Waals surface area contributed by atoms with Gasteiger partial charge in [-0.2, -0.15) is 0 Å². The number of nitrogens with one attached hydrogen (secondary N) is 1. The lowest BCUT2D eigenvalue weighted by atomic mass is 10.1. The molecule has 0 bridgehead atoms. The molecule has 2 fully saturated rings. The number of carbonyl (C=O) groups excluding carboxylic acids is 2. The van der Waals surface area contributed by atoms with E-state index in [1.54, 1.807) is 24.1 Å². The molecule has 0 spiro atoms. The standard InChI is InChI=1S/C25H27N3O4/c1-28(19-11-10-18(14-19)22(30)27-25(15-29)12-13-25)24(31)17-8-6-16(7-9-17)23-26-20-4-2-3-5-21(20)32-23/h2-9,18-19,29H,10-15H2,1H3,(H,27,30)/t18-,19+/m0/s1. The van der Waals surface area contributed by atoms with Crippen molar-refractivity contribution in [3.8, 4) is 11.5 Å². The van der Waals surface area contributed by atoms with E-state index in [0.29, 0.717) is 17.9 Å². The number of aliphatic hydroxyl groups excluding tert-OH is 1. The predicted molar refractivity (Wildman–Crippen MR) is 120 cm³/mol. The molecule has 0 aliphatic heterocycles. The zero-order valence-electron chi connectivity index (χ0n) is 18.1. The number of para-hydroxylation sites is 2. The smallest absolute Gasteiger partial charge is 0.253 e. The third-order valence-corrected chi connectivity index (χ3v) is 6.86. The number of amides is 2. The molecule has 0 saturated heterocycles. The number of benzene rings is 2. The summed E-state index contributed by atoms with van der Waals surface area (Å²) in [4.78, 5) is 31.9. The average molecular weight is 434 g/mol. The van der Waals surface area contributed by atoms with Crippen molar-refractivity contribution in [2.45, 2.75) is 43.7 Å². The van der Waals surface area contributed by atoms with E-state index in [1.165, 1.54) is 0 Å². The minimum absolute atomic E-state index is 0.00240. The largest absolute Gasteiger partial charge is 0.436 e. The number of aliphatic hydroxyl groups is 1. The molecule has 2 aliphatic carbocycles. The lowest BCUT2D eigenvalue weighted by Crippen LogP contribution is -2.43. The molecule has 2 saturated carbocycles. The molecular weight excluding hydrogens is 406 g/mol. The van der Waals surface area contributed by atoms with E-state index in [4.69, 9.17) is 4.42 Å². The van der Waals surface area contributed by atoms with Gasteiger partial charge in [0.1, 0.15) is 5.52 Å². The lowest BCUT2D eigenvalue weighted by molar-refractivity contribution is -0.126. The Balaban J connectivity index is 1.22. The maximum atomic E-state index is 13.0. The first-order valence-corrected chi connectivity index (χ1v) is 11.1. The van der Waals surface area contributed by atoms with Gasteiger partial charge in [0.25, 0.3) is 5.91 Å². The van der Waals surface area contributed by atoms with E-state index in [2.05, 4.69) is 10.3 Å². The summed E-state index contributed by atoms with van der Waals surface area (Å²) in [5, 5.41) is 12.4. The van der Waals surface area contributed by atoms with E-state index in [1.807, 2.05) is 36.4 Å². The molecule has 1 aromatic heterocycles. The van der Waals surface area contributed by atoms with Crippen LogP contribution in [0.25, 0.3) is 22.6 Å². The minimum Gasteiger partial charge on any atom is -0.436 e. The first-order valence-electron chi connectivity index (χ1n) is 11.1. The van der Waals surface area contributed by atoms with E-state index in [9.17, 15) is 14.7 Å². The van der Waals surface area contributed by atoms with Gasteiger partial charge in [-0.05, 0) is 68.5 Å². The maximum absolute atomic E-state index is 13.0. The minimum atomic E-state index is -0.396. The highest BCUT2D eigenvalue weighted by atomic mass is 16.3. The van der Waals surface area contributed by atoms with Gasteiger partial charge in [-0.1, -0.05) is 12.1 Å². The van der Waals surface area contributed by atoms with E-state index in [0.717, 1.165) is 42.3 Å². The second-order valence-corrected chi connectivity index (χ2v) is 9.07. The Labute approximate surface area is 186 Å². The number of hydrogen-bond acceptors (Lipinski definition) is 5. The van der Waals surface area contributed by atoms with Gasteiger partial charge in [0, 0.05) is 30.1 Å². The van der Waals surface area contributed by atoms with Crippen molar-refractivity contribution < 1.29 is 19.1 Å². The number of aromatic nitrogens is 1. The zero-order valence-corrected chi connectivity index (χ0v) is 18.1. The second kappa shape index (κ2) is 8.06. The Morgan fingerprint density at radius 3 is 2.59 bits per heavy atom. The molecule has 2 aliphatic rings. The van der Waals surface area contributed by atoms with Gasteiger partial charge in [0.05, 0.1) is 12.1 Å². The average Bonchev–Trinajstić information content (AvgIpc) is 3.24. The van der Waals surface area contributed by atoms with E-state index >= 15 is 0 Å². The quantitative estimate of drug-likeness (QED) is 0.621. The summed E-state index contributed by atoms with van der Waals surface area (Å²) < 4.78 is 5.80. The Bertz CT molecular complexity index is 1120. The van der Waals surface area contributed by atoms with Crippen molar-refractivity contribution in [1.82, 2.24) is 15.2 Å². The Hall–Kier alpha value is -3.19. The first kappa shape index (κ1) is 20.7. The number of hydrogen-bond donors (Lipinski definition) is 2. The fourth-order valence-corrected chi connectivity index (χ4v) is 4.51. The van der Waals surface area contributed by atoms with Gasteiger partial charge in [0.2, 0.25) is 11.8 Å². The Kier molecular flexibility index (Phi) is 5.21. The number of carbonyl (C=O) groups is 2. The topological polar surface area (TPSA) is 95.7 Å². The van der Waals surface area contributed by atoms with Crippen LogP contribution in [0.1, 0.15) is 42.5 Å². The van der Waals surface area contributed by atoms with Crippen LogP contribution in [-0.2, 0) is 4.79 Å². The van der Waals surface area contributed by atoms with Crippen molar-refractivity contribution in [1.29, 1.82) is 0 Å². The van der Waals surface area contributed by atoms with Gasteiger partial charge < -0.3 is 19.7 Å². The normalized spacial score (nSPS) is 21.4. The third kappa shape index (κ3) is 3.88. The van der Waals surface area contributed by atoms with Crippen molar-refractivity contribution >= 4 is 22.9 Å². The highest BCUT2D eigenvalue weighted by Gasteiger charge is 2.45. The summed E-state index contributed by atoms with van der Waals surface area (Å²) in [5.74, 6) is 0.358. The monoisotopic (exact) mass is 433 g/mol. The molecule has 7 nitrogen and oxygen atoms in total. The van der Waals surface area contributed by atoms with Crippen LogP contribution in [0, 0.1) is 5.92 Å². The van der Waals surface area contributed by atoms with Crippen molar-refractivity contribution in [2.75, 3.05) is 13.7 Å². The molecule has 0 unspecified atom stereocenters. The van der Waals surface area contributed by atoms with Crippen LogP contribution in [0.4, 0.5) is 0 Å².